The summed E-state index contributed by atoms with van der Waals surface area (Å²) in [5.74, 6) is 0. The van der Waals surface area contributed by atoms with E-state index in [1.807, 2.05) is 0 Å². The van der Waals surface area contributed by atoms with Crippen LogP contribution in [0.1, 0.15) is 233 Å². The van der Waals surface area contributed by atoms with Gasteiger partial charge in [0.1, 0.15) is 0 Å². The molecular weight excluding hydrogens is 472 g/mol. The first kappa shape index (κ1) is 39.0. The Hall–Kier alpha value is -0.0400. The third-order valence-corrected chi connectivity index (χ3v) is 8.86. The van der Waals surface area contributed by atoms with Crippen LogP contribution in [0.5, 0.6) is 0 Å². The van der Waals surface area contributed by atoms with Gasteiger partial charge in [-0.1, -0.05) is 213 Å². The first-order chi connectivity index (χ1) is 19.3. The van der Waals surface area contributed by atoms with Gasteiger partial charge in [0.05, 0.1) is 6.10 Å². The molecule has 0 bridgehead atoms. The van der Waals surface area contributed by atoms with E-state index in [9.17, 15) is 0 Å². The van der Waals surface area contributed by atoms with Crippen molar-refractivity contribution in [2.24, 2.45) is 0 Å². The van der Waals surface area contributed by atoms with Gasteiger partial charge in [0, 0.05) is 6.61 Å². The highest BCUT2D eigenvalue weighted by atomic mass is 16.5. The number of ether oxygens (including phenoxy) is 1. The largest absolute Gasteiger partial charge is 0.378 e. The first-order valence-corrected chi connectivity index (χ1v) is 19.0. The summed E-state index contributed by atoms with van der Waals surface area (Å²) < 4.78 is 6.46. The highest BCUT2D eigenvalue weighted by Gasteiger charge is 2.09. The van der Waals surface area contributed by atoms with Gasteiger partial charge in [-0.2, -0.15) is 0 Å². The monoisotopic (exact) mass is 551 g/mol. The van der Waals surface area contributed by atoms with Crippen LogP contribution in [-0.4, -0.2) is 12.7 Å². The molecule has 0 aliphatic carbocycles. The molecule has 0 amide bonds. The molecule has 0 saturated heterocycles. The van der Waals surface area contributed by atoms with Crippen LogP contribution in [0, 0.1) is 0 Å². The number of hydrogen-bond acceptors (Lipinski definition) is 1. The second-order valence-corrected chi connectivity index (χ2v) is 13.0. The molecule has 1 heteroatoms. The van der Waals surface area contributed by atoms with Crippen molar-refractivity contribution in [2.45, 2.75) is 239 Å². The van der Waals surface area contributed by atoms with Gasteiger partial charge in [0.15, 0.2) is 0 Å². The van der Waals surface area contributed by atoms with Crippen LogP contribution < -0.4 is 0 Å². The summed E-state index contributed by atoms with van der Waals surface area (Å²) in [5.41, 5.74) is 0. The molecule has 0 heterocycles. The van der Waals surface area contributed by atoms with Gasteiger partial charge in [-0.05, 0) is 19.3 Å². The van der Waals surface area contributed by atoms with E-state index in [0.717, 1.165) is 6.61 Å². The number of rotatable bonds is 35. The lowest BCUT2D eigenvalue weighted by Crippen LogP contribution is -2.14. The Bertz CT molecular complexity index is 406. The molecule has 0 aromatic carbocycles. The molecule has 0 fully saturated rings. The molecule has 0 N–H and O–H groups in total. The van der Waals surface area contributed by atoms with Crippen molar-refractivity contribution >= 4 is 0 Å². The van der Waals surface area contributed by atoms with Crippen LogP contribution in [0.25, 0.3) is 0 Å². The lowest BCUT2D eigenvalue weighted by Gasteiger charge is -2.18. The maximum Gasteiger partial charge on any atom is 0.0575 e. The highest BCUT2D eigenvalue weighted by molar-refractivity contribution is 4.61. The zero-order valence-electron chi connectivity index (χ0n) is 28.0. The van der Waals surface area contributed by atoms with Crippen molar-refractivity contribution in [3.8, 4) is 0 Å². The van der Waals surface area contributed by atoms with E-state index in [1.165, 1.54) is 212 Å². The molecule has 0 aliphatic heterocycles. The fourth-order valence-electron chi connectivity index (χ4n) is 6.05. The van der Waals surface area contributed by atoms with Crippen LogP contribution in [-0.2, 0) is 4.74 Å². The molecule has 1 unspecified atom stereocenters. The first-order valence-electron chi connectivity index (χ1n) is 19.0. The third-order valence-electron chi connectivity index (χ3n) is 8.86. The van der Waals surface area contributed by atoms with Crippen molar-refractivity contribution in [1.29, 1.82) is 0 Å². The molecule has 0 aromatic heterocycles. The average molecular weight is 551 g/mol. The maximum atomic E-state index is 6.46. The lowest BCUT2D eigenvalue weighted by molar-refractivity contribution is 0.0357. The summed E-state index contributed by atoms with van der Waals surface area (Å²) in [6.45, 7) is 7.94. The quantitative estimate of drug-likeness (QED) is 0.0713. The van der Waals surface area contributed by atoms with Crippen LogP contribution >= 0.6 is 0 Å². The number of hydrogen-bond donors (Lipinski definition) is 0. The Morgan fingerprint density at radius 3 is 0.795 bits per heavy atom. The molecule has 1 nitrogen and oxygen atoms in total. The fourth-order valence-corrected chi connectivity index (χ4v) is 6.05. The van der Waals surface area contributed by atoms with Gasteiger partial charge in [-0.15, -0.1) is 0 Å². The van der Waals surface area contributed by atoms with E-state index >= 15 is 0 Å². The molecule has 0 spiro atoms. The second-order valence-electron chi connectivity index (χ2n) is 13.0. The summed E-state index contributed by atoms with van der Waals surface area (Å²) in [5, 5.41) is 0. The summed E-state index contributed by atoms with van der Waals surface area (Å²) in [7, 11) is 0. The van der Waals surface area contributed by atoms with Crippen LogP contribution in [0.4, 0.5) is 0 Å². The van der Waals surface area contributed by atoms with Crippen molar-refractivity contribution < 1.29 is 4.74 Å². The van der Waals surface area contributed by atoms with E-state index in [2.05, 4.69) is 20.8 Å². The van der Waals surface area contributed by atoms with E-state index in [-0.39, 0.29) is 0 Å². The molecule has 0 aliphatic rings. The second kappa shape index (κ2) is 36.0. The fraction of sp³-hybridized carbons (Fsp3) is 1.00. The van der Waals surface area contributed by atoms with Gasteiger partial charge in [0.2, 0.25) is 0 Å². The average Bonchev–Trinajstić information content (AvgIpc) is 2.95. The van der Waals surface area contributed by atoms with Gasteiger partial charge in [0.25, 0.3) is 0 Å². The van der Waals surface area contributed by atoms with E-state index < -0.39 is 0 Å². The predicted molar refractivity (Wildman–Crippen MR) is 179 cm³/mol. The Kier molecular flexibility index (Phi) is 35.9. The minimum Gasteiger partial charge on any atom is -0.378 e. The molecule has 0 saturated carbocycles. The van der Waals surface area contributed by atoms with Gasteiger partial charge in [-0.3, -0.25) is 0 Å². The Labute approximate surface area is 249 Å². The van der Waals surface area contributed by atoms with Crippen molar-refractivity contribution in [2.75, 3.05) is 6.61 Å². The van der Waals surface area contributed by atoms with Crippen molar-refractivity contribution in [3.05, 3.63) is 0 Å². The summed E-state index contributed by atoms with van der Waals surface area (Å²) in [6, 6.07) is 0. The topological polar surface area (TPSA) is 9.23 Å². The molecule has 236 valence electrons. The van der Waals surface area contributed by atoms with Gasteiger partial charge < -0.3 is 4.74 Å². The zero-order valence-corrected chi connectivity index (χ0v) is 28.0. The molecule has 1 atom stereocenters. The SMILES string of the molecule is CCCCCCCCCCCCCCCCCCOC(CCCCCCCC)CCCCCCCCCCC. The van der Waals surface area contributed by atoms with Crippen LogP contribution in [0.2, 0.25) is 0 Å². The molecule has 0 rings (SSSR count). The molecule has 0 aromatic rings. The van der Waals surface area contributed by atoms with E-state index in [1.54, 1.807) is 0 Å². The third kappa shape index (κ3) is 34.1. The van der Waals surface area contributed by atoms with Crippen molar-refractivity contribution in [3.63, 3.8) is 0 Å². The molecule has 39 heavy (non-hydrogen) atoms. The van der Waals surface area contributed by atoms with Crippen LogP contribution in [0.3, 0.4) is 0 Å². The van der Waals surface area contributed by atoms with Gasteiger partial charge >= 0.3 is 0 Å². The Morgan fingerprint density at radius 2 is 0.513 bits per heavy atom. The molecule has 0 radical (unpaired) electrons. The zero-order chi connectivity index (χ0) is 28.3. The smallest absolute Gasteiger partial charge is 0.0575 e. The number of unbranched alkanes of at least 4 members (excludes halogenated alkanes) is 28. The van der Waals surface area contributed by atoms with E-state index in [0.29, 0.717) is 6.10 Å². The minimum absolute atomic E-state index is 0.539. The summed E-state index contributed by atoms with van der Waals surface area (Å²) in [4.78, 5) is 0. The predicted octanol–water partition coefficient (Wildman–Crippen LogP) is 14.3. The summed E-state index contributed by atoms with van der Waals surface area (Å²) in [6.07, 6.45) is 47.4. The van der Waals surface area contributed by atoms with E-state index in [4.69, 9.17) is 4.74 Å². The maximum absolute atomic E-state index is 6.46. The van der Waals surface area contributed by atoms with Crippen molar-refractivity contribution in [1.82, 2.24) is 0 Å². The standard InChI is InChI=1S/C38H78O/c1-4-7-10-13-16-18-19-20-21-22-23-24-26-28-31-34-37-39-38(35-32-29-15-12-9-6-3)36-33-30-27-25-17-14-11-8-5-2/h38H,4-37H2,1-3H3. The van der Waals surface area contributed by atoms with Crippen LogP contribution in [0.15, 0.2) is 0 Å². The minimum atomic E-state index is 0.539. The Balaban J connectivity index is 3.68. The van der Waals surface area contributed by atoms with Gasteiger partial charge in [-0.25, -0.2) is 0 Å². The molecular formula is C38H78O. The normalized spacial score (nSPS) is 12.4. The highest BCUT2D eigenvalue weighted by Crippen LogP contribution is 2.18. The lowest BCUT2D eigenvalue weighted by atomic mass is 10.0. The summed E-state index contributed by atoms with van der Waals surface area (Å²) >= 11 is 0. The Morgan fingerprint density at radius 1 is 0.282 bits per heavy atom.